The van der Waals surface area contributed by atoms with Gasteiger partial charge in [-0.25, -0.2) is 0 Å². The molecule has 1 heterocycles. The first-order valence-electron chi connectivity index (χ1n) is 5.62. The van der Waals surface area contributed by atoms with Crippen molar-refractivity contribution in [3.8, 4) is 0 Å². The van der Waals surface area contributed by atoms with Gasteiger partial charge in [-0.05, 0) is 12.8 Å². The summed E-state index contributed by atoms with van der Waals surface area (Å²) in [6.07, 6.45) is 2.17. The molecular weight excluding hydrogens is 192 g/mol. The molecule has 0 aliphatic carbocycles. The number of rotatable bonds is 4. The van der Waals surface area contributed by atoms with Gasteiger partial charge in [-0.15, -0.1) is 0 Å². The van der Waals surface area contributed by atoms with E-state index in [1.165, 1.54) is 0 Å². The van der Waals surface area contributed by atoms with Crippen LogP contribution in [0.2, 0.25) is 0 Å². The first-order valence-corrected chi connectivity index (χ1v) is 5.62. The van der Waals surface area contributed by atoms with Crippen LogP contribution in [0.1, 0.15) is 33.1 Å². The van der Waals surface area contributed by atoms with Gasteiger partial charge in [0.25, 0.3) is 0 Å². The zero-order chi connectivity index (χ0) is 11.4. The third kappa shape index (κ3) is 2.94. The summed E-state index contributed by atoms with van der Waals surface area (Å²) in [5.74, 6) is 0.295. The Kier molecular flexibility index (Phi) is 4.12. The zero-order valence-electron chi connectivity index (χ0n) is 9.75. The number of likely N-dealkylation sites (tertiary alicyclic amines) is 1. The maximum Gasteiger partial charge on any atom is 0.224 e. The molecule has 1 rings (SSSR count). The van der Waals surface area contributed by atoms with Gasteiger partial charge in [-0.1, -0.05) is 13.8 Å². The fourth-order valence-corrected chi connectivity index (χ4v) is 1.94. The SMILES string of the molecule is CCC(CC)C(=O)N[C@H]1CC(=O)N(C)C1. The molecule has 4 heteroatoms. The van der Waals surface area contributed by atoms with Gasteiger partial charge in [-0.3, -0.25) is 9.59 Å². The topological polar surface area (TPSA) is 49.4 Å². The minimum Gasteiger partial charge on any atom is -0.351 e. The van der Waals surface area contributed by atoms with Crippen LogP contribution in [0.15, 0.2) is 0 Å². The van der Waals surface area contributed by atoms with Crippen molar-refractivity contribution < 1.29 is 9.59 Å². The van der Waals surface area contributed by atoms with Gasteiger partial charge in [0.1, 0.15) is 0 Å². The molecule has 0 unspecified atom stereocenters. The minimum atomic E-state index is 0.00981. The van der Waals surface area contributed by atoms with Gasteiger partial charge in [0.05, 0.1) is 6.04 Å². The number of carbonyl (C=O) groups is 2. The average Bonchev–Trinajstić information content (AvgIpc) is 2.47. The quantitative estimate of drug-likeness (QED) is 0.748. The summed E-state index contributed by atoms with van der Waals surface area (Å²) in [6, 6.07) is 0.00981. The van der Waals surface area contributed by atoms with Crippen molar-refractivity contribution in [1.29, 1.82) is 0 Å². The zero-order valence-corrected chi connectivity index (χ0v) is 9.75. The van der Waals surface area contributed by atoms with Crippen molar-refractivity contribution >= 4 is 11.8 Å². The smallest absolute Gasteiger partial charge is 0.224 e. The predicted octanol–water partition coefficient (Wildman–Crippen LogP) is 0.769. The second-order valence-electron chi connectivity index (χ2n) is 4.20. The number of hydrogen-bond acceptors (Lipinski definition) is 2. The molecule has 0 saturated carbocycles. The molecule has 0 aromatic rings. The maximum absolute atomic E-state index is 11.7. The molecule has 0 spiro atoms. The summed E-state index contributed by atoms with van der Waals surface area (Å²) in [7, 11) is 1.77. The van der Waals surface area contributed by atoms with Crippen LogP contribution in [0.25, 0.3) is 0 Å². The van der Waals surface area contributed by atoms with Crippen LogP contribution in [0.5, 0.6) is 0 Å². The molecule has 1 fully saturated rings. The molecule has 86 valence electrons. The molecule has 0 radical (unpaired) electrons. The lowest BCUT2D eigenvalue weighted by Gasteiger charge is -2.17. The third-order valence-electron chi connectivity index (χ3n) is 3.04. The molecule has 0 aromatic heterocycles. The van der Waals surface area contributed by atoms with Gasteiger partial charge < -0.3 is 10.2 Å². The van der Waals surface area contributed by atoms with E-state index >= 15 is 0 Å². The number of amides is 2. The highest BCUT2D eigenvalue weighted by atomic mass is 16.2. The number of nitrogens with zero attached hydrogens (tertiary/aromatic N) is 1. The summed E-state index contributed by atoms with van der Waals surface area (Å²) in [5, 5.41) is 2.94. The maximum atomic E-state index is 11.7. The summed E-state index contributed by atoms with van der Waals surface area (Å²) in [5.41, 5.74) is 0. The monoisotopic (exact) mass is 212 g/mol. The van der Waals surface area contributed by atoms with Crippen molar-refractivity contribution in [2.75, 3.05) is 13.6 Å². The second-order valence-corrected chi connectivity index (χ2v) is 4.20. The highest BCUT2D eigenvalue weighted by Gasteiger charge is 2.28. The number of hydrogen-bond donors (Lipinski definition) is 1. The van der Waals surface area contributed by atoms with E-state index in [0.717, 1.165) is 12.8 Å². The van der Waals surface area contributed by atoms with E-state index in [9.17, 15) is 9.59 Å². The third-order valence-corrected chi connectivity index (χ3v) is 3.04. The second kappa shape index (κ2) is 5.14. The average molecular weight is 212 g/mol. The number of nitrogens with one attached hydrogen (secondary N) is 1. The van der Waals surface area contributed by atoms with E-state index in [0.29, 0.717) is 13.0 Å². The standard InChI is InChI=1S/C11H20N2O2/c1-4-8(5-2)11(15)12-9-6-10(14)13(3)7-9/h8-9H,4-7H2,1-3H3,(H,12,15)/t9-/m0/s1. The van der Waals surface area contributed by atoms with Crippen LogP contribution >= 0.6 is 0 Å². The van der Waals surface area contributed by atoms with Crippen LogP contribution in [-0.4, -0.2) is 36.3 Å². The Labute approximate surface area is 91.0 Å². The van der Waals surface area contributed by atoms with E-state index in [1.54, 1.807) is 11.9 Å². The van der Waals surface area contributed by atoms with E-state index < -0.39 is 0 Å². The molecular formula is C11H20N2O2. The Morgan fingerprint density at radius 3 is 2.53 bits per heavy atom. The van der Waals surface area contributed by atoms with Gasteiger partial charge >= 0.3 is 0 Å². The minimum absolute atomic E-state index is 0.00981. The first-order chi connectivity index (χ1) is 7.08. The molecule has 2 amide bonds. The van der Waals surface area contributed by atoms with Crippen LogP contribution in [-0.2, 0) is 9.59 Å². The number of carbonyl (C=O) groups excluding carboxylic acids is 2. The van der Waals surface area contributed by atoms with Gasteiger partial charge in [0, 0.05) is 25.9 Å². The van der Waals surface area contributed by atoms with Crippen molar-refractivity contribution in [3.05, 3.63) is 0 Å². The Bertz CT molecular complexity index is 249. The van der Waals surface area contributed by atoms with Crippen molar-refractivity contribution in [2.45, 2.75) is 39.2 Å². The van der Waals surface area contributed by atoms with Gasteiger partial charge in [0.2, 0.25) is 11.8 Å². The molecule has 1 N–H and O–H groups in total. The highest BCUT2D eigenvalue weighted by molar-refractivity contribution is 5.83. The summed E-state index contributed by atoms with van der Waals surface area (Å²) in [6.45, 7) is 4.67. The Morgan fingerprint density at radius 2 is 2.13 bits per heavy atom. The molecule has 1 aliphatic rings. The van der Waals surface area contributed by atoms with E-state index in [4.69, 9.17) is 0 Å². The Hall–Kier alpha value is -1.06. The predicted molar refractivity (Wildman–Crippen MR) is 58.3 cm³/mol. The number of likely N-dealkylation sites (N-methyl/N-ethyl adjacent to an activating group) is 1. The fraction of sp³-hybridized carbons (Fsp3) is 0.818. The van der Waals surface area contributed by atoms with Crippen LogP contribution < -0.4 is 5.32 Å². The van der Waals surface area contributed by atoms with Crippen LogP contribution in [0, 0.1) is 5.92 Å². The van der Waals surface area contributed by atoms with E-state index in [-0.39, 0.29) is 23.8 Å². The Balaban J connectivity index is 2.42. The lowest BCUT2D eigenvalue weighted by molar-refractivity contribution is -0.126. The molecule has 15 heavy (non-hydrogen) atoms. The van der Waals surface area contributed by atoms with Crippen molar-refractivity contribution in [3.63, 3.8) is 0 Å². The molecule has 1 aliphatic heterocycles. The molecule has 0 aromatic carbocycles. The highest BCUT2D eigenvalue weighted by Crippen LogP contribution is 2.12. The first kappa shape index (κ1) is 12.0. The van der Waals surface area contributed by atoms with Gasteiger partial charge in [-0.2, -0.15) is 0 Å². The van der Waals surface area contributed by atoms with Crippen LogP contribution in [0.4, 0.5) is 0 Å². The van der Waals surface area contributed by atoms with Crippen LogP contribution in [0.3, 0.4) is 0 Å². The summed E-state index contributed by atoms with van der Waals surface area (Å²) in [4.78, 5) is 24.6. The van der Waals surface area contributed by atoms with Crippen molar-refractivity contribution in [1.82, 2.24) is 10.2 Å². The molecule has 1 saturated heterocycles. The van der Waals surface area contributed by atoms with Crippen molar-refractivity contribution in [2.24, 2.45) is 5.92 Å². The lowest BCUT2D eigenvalue weighted by atomic mass is 10.0. The Morgan fingerprint density at radius 1 is 1.53 bits per heavy atom. The fourth-order valence-electron chi connectivity index (χ4n) is 1.94. The van der Waals surface area contributed by atoms with Gasteiger partial charge in [0.15, 0.2) is 0 Å². The lowest BCUT2D eigenvalue weighted by Crippen LogP contribution is -2.39. The van der Waals surface area contributed by atoms with E-state index in [2.05, 4.69) is 5.32 Å². The molecule has 0 bridgehead atoms. The molecule has 1 atom stereocenters. The summed E-state index contributed by atoms with van der Waals surface area (Å²) >= 11 is 0. The summed E-state index contributed by atoms with van der Waals surface area (Å²) < 4.78 is 0. The van der Waals surface area contributed by atoms with E-state index in [1.807, 2.05) is 13.8 Å². The normalized spacial score (nSPS) is 21.2. The molecule has 4 nitrogen and oxygen atoms in total. The largest absolute Gasteiger partial charge is 0.351 e.